The Labute approximate surface area is 130 Å². The summed E-state index contributed by atoms with van der Waals surface area (Å²) in [6, 6.07) is 4.88. The SMILES string of the molecule is CC[Si](CC)(CCC(=O)O)O[Si](CC)(CC)CCC(=O)O. The topological polar surface area (TPSA) is 83.8 Å². The average molecular weight is 335 g/mol. The largest absolute Gasteiger partial charge is 0.481 e. The van der Waals surface area contributed by atoms with Crippen molar-refractivity contribution in [2.75, 3.05) is 0 Å². The van der Waals surface area contributed by atoms with E-state index in [0.717, 1.165) is 24.2 Å². The first-order chi connectivity index (χ1) is 9.78. The van der Waals surface area contributed by atoms with Crippen LogP contribution in [0.4, 0.5) is 0 Å². The van der Waals surface area contributed by atoms with E-state index in [2.05, 4.69) is 27.7 Å². The monoisotopic (exact) mass is 334 g/mol. The Kier molecular flexibility index (Phi) is 9.07. The van der Waals surface area contributed by atoms with E-state index in [1.54, 1.807) is 0 Å². The third-order valence-corrected chi connectivity index (χ3v) is 15.5. The molecule has 124 valence electrons. The van der Waals surface area contributed by atoms with Crippen molar-refractivity contribution < 1.29 is 23.9 Å². The van der Waals surface area contributed by atoms with Crippen molar-refractivity contribution in [1.29, 1.82) is 0 Å². The normalized spacial score (nSPS) is 12.4. The van der Waals surface area contributed by atoms with Crippen LogP contribution in [0.3, 0.4) is 0 Å². The fraction of sp³-hybridized carbons (Fsp3) is 0.857. The second-order valence-electron chi connectivity index (χ2n) is 5.67. The lowest BCUT2D eigenvalue weighted by atomic mass is 10.5. The highest BCUT2D eigenvalue weighted by atomic mass is 28.4. The molecule has 0 saturated heterocycles. The van der Waals surface area contributed by atoms with E-state index in [1.807, 2.05) is 0 Å². The zero-order valence-electron chi connectivity index (χ0n) is 13.8. The molecule has 0 saturated carbocycles. The van der Waals surface area contributed by atoms with Gasteiger partial charge in [0.2, 0.25) is 0 Å². The molecule has 0 bridgehead atoms. The number of carboxylic acids is 2. The van der Waals surface area contributed by atoms with Gasteiger partial charge in [-0.1, -0.05) is 27.7 Å². The summed E-state index contributed by atoms with van der Waals surface area (Å²) in [5.74, 6) is -1.55. The third kappa shape index (κ3) is 6.75. The van der Waals surface area contributed by atoms with Gasteiger partial charge >= 0.3 is 11.9 Å². The van der Waals surface area contributed by atoms with Gasteiger partial charge in [0.15, 0.2) is 16.6 Å². The van der Waals surface area contributed by atoms with Crippen LogP contribution in [0.1, 0.15) is 40.5 Å². The van der Waals surface area contributed by atoms with Gasteiger partial charge in [-0.05, 0) is 36.3 Å². The Morgan fingerprint density at radius 2 is 1.05 bits per heavy atom. The minimum Gasteiger partial charge on any atom is -0.481 e. The summed E-state index contributed by atoms with van der Waals surface area (Å²) in [6.07, 6.45) is 0.315. The summed E-state index contributed by atoms with van der Waals surface area (Å²) in [5.41, 5.74) is 0. The molecule has 7 heteroatoms. The molecule has 0 fully saturated rings. The predicted molar refractivity (Wildman–Crippen MR) is 88.6 cm³/mol. The summed E-state index contributed by atoms with van der Waals surface area (Å²) in [7, 11) is -4.14. The second kappa shape index (κ2) is 9.37. The van der Waals surface area contributed by atoms with Crippen molar-refractivity contribution in [2.45, 2.75) is 76.8 Å². The Bertz CT molecular complexity index is 306. The van der Waals surface area contributed by atoms with Gasteiger partial charge in [0.25, 0.3) is 0 Å². The molecule has 21 heavy (non-hydrogen) atoms. The molecule has 0 spiro atoms. The van der Waals surface area contributed by atoms with E-state index in [4.69, 9.17) is 14.3 Å². The van der Waals surface area contributed by atoms with Crippen LogP contribution in [0.2, 0.25) is 36.3 Å². The van der Waals surface area contributed by atoms with Crippen LogP contribution in [0.15, 0.2) is 0 Å². The van der Waals surface area contributed by atoms with Crippen LogP contribution < -0.4 is 0 Å². The first-order valence-corrected chi connectivity index (χ1v) is 13.0. The molecule has 2 N–H and O–H groups in total. The van der Waals surface area contributed by atoms with Gasteiger partial charge in [0, 0.05) is 12.8 Å². The highest BCUT2D eigenvalue weighted by molar-refractivity contribution is 6.87. The van der Waals surface area contributed by atoms with E-state index in [9.17, 15) is 9.59 Å². The van der Waals surface area contributed by atoms with Gasteiger partial charge < -0.3 is 14.3 Å². The van der Waals surface area contributed by atoms with Crippen molar-refractivity contribution in [2.24, 2.45) is 0 Å². The van der Waals surface area contributed by atoms with Gasteiger partial charge in [0.1, 0.15) is 0 Å². The Hall–Kier alpha value is -0.666. The summed E-state index contributed by atoms with van der Waals surface area (Å²) >= 11 is 0. The minimum absolute atomic E-state index is 0.157. The first-order valence-electron chi connectivity index (χ1n) is 7.92. The summed E-state index contributed by atoms with van der Waals surface area (Å²) < 4.78 is 6.67. The molecule has 0 amide bonds. The van der Waals surface area contributed by atoms with Gasteiger partial charge in [-0.3, -0.25) is 9.59 Å². The quantitative estimate of drug-likeness (QED) is 0.528. The number of carboxylic acid groups (broad SMARTS) is 2. The zero-order chi connectivity index (χ0) is 16.5. The van der Waals surface area contributed by atoms with Gasteiger partial charge in [-0.25, -0.2) is 0 Å². The number of aliphatic carboxylic acids is 2. The average Bonchev–Trinajstić information content (AvgIpc) is 2.47. The maximum absolute atomic E-state index is 10.9. The molecular formula is C14H30O5Si2. The number of hydrogen-bond donors (Lipinski definition) is 2. The first kappa shape index (κ1) is 20.3. The fourth-order valence-corrected chi connectivity index (χ4v) is 13.3. The highest BCUT2D eigenvalue weighted by Crippen LogP contribution is 2.34. The number of carbonyl (C=O) groups is 2. The number of hydrogen-bond acceptors (Lipinski definition) is 3. The van der Waals surface area contributed by atoms with Crippen molar-refractivity contribution in [1.82, 2.24) is 0 Å². The van der Waals surface area contributed by atoms with Gasteiger partial charge in [0.05, 0.1) is 0 Å². The molecule has 0 aliphatic heterocycles. The van der Waals surface area contributed by atoms with E-state index in [-0.39, 0.29) is 12.8 Å². The fourth-order valence-electron chi connectivity index (χ4n) is 2.73. The van der Waals surface area contributed by atoms with Gasteiger partial charge in [-0.15, -0.1) is 0 Å². The minimum atomic E-state index is -2.07. The molecule has 0 aromatic carbocycles. The summed E-state index contributed by atoms with van der Waals surface area (Å²) in [5, 5.41) is 17.9. The van der Waals surface area contributed by atoms with Crippen LogP contribution in [0.25, 0.3) is 0 Å². The Balaban J connectivity index is 5.11. The van der Waals surface area contributed by atoms with E-state index in [0.29, 0.717) is 12.1 Å². The molecule has 0 heterocycles. The summed E-state index contributed by atoms with van der Waals surface area (Å²) in [4.78, 5) is 21.8. The van der Waals surface area contributed by atoms with E-state index >= 15 is 0 Å². The lowest BCUT2D eigenvalue weighted by Gasteiger charge is -2.41. The predicted octanol–water partition coefficient (Wildman–Crippen LogP) is 3.92. The highest BCUT2D eigenvalue weighted by Gasteiger charge is 2.41. The van der Waals surface area contributed by atoms with E-state index < -0.39 is 28.6 Å². The third-order valence-electron chi connectivity index (χ3n) is 4.60. The lowest BCUT2D eigenvalue weighted by molar-refractivity contribution is -0.137. The van der Waals surface area contributed by atoms with Crippen molar-refractivity contribution in [3.8, 4) is 0 Å². The zero-order valence-corrected chi connectivity index (χ0v) is 15.8. The maximum Gasteiger partial charge on any atom is 0.303 e. The molecule has 0 rings (SSSR count). The second-order valence-corrected chi connectivity index (χ2v) is 15.0. The van der Waals surface area contributed by atoms with Crippen LogP contribution in [-0.2, 0) is 13.7 Å². The molecular weight excluding hydrogens is 304 g/mol. The number of rotatable bonds is 12. The summed E-state index contributed by atoms with van der Waals surface area (Å²) in [6.45, 7) is 8.33. The molecule has 0 aromatic rings. The Morgan fingerprint density at radius 1 is 0.762 bits per heavy atom. The van der Waals surface area contributed by atoms with Crippen molar-refractivity contribution in [3.63, 3.8) is 0 Å². The van der Waals surface area contributed by atoms with Gasteiger partial charge in [-0.2, -0.15) is 0 Å². The molecule has 0 unspecified atom stereocenters. The molecule has 0 aromatic heterocycles. The molecule has 0 radical (unpaired) electrons. The molecule has 5 nitrogen and oxygen atoms in total. The van der Waals surface area contributed by atoms with Crippen LogP contribution in [0.5, 0.6) is 0 Å². The molecule has 0 aliphatic rings. The molecule has 0 atom stereocenters. The van der Waals surface area contributed by atoms with Crippen molar-refractivity contribution in [3.05, 3.63) is 0 Å². The Morgan fingerprint density at radius 3 is 1.24 bits per heavy atom. The van der Waals surface area contributed by atoms with Crippen molar-refractivity contribution >= 4 is 28.6 Å². The maximum atomic E-state index is 10.9. The van der Waals surface area contributed by atoms with E-state index in [1.165, 1.54) is 0 Å². The standard InChI is InChI=1S/C14H30O5Si2/c1-5-20(6-2,11-9-13(15)16)19-21(7-3,8-4)12-10-14(17)18/h5-12H2,1-4H3,(H,15,16)(H,17,18). The van der Waals surface area contributed by atoms with Crippen LogP contribution >= 0.6 is 0 Å². The smallest absolute Gasteiger partial charge is 0.303 e. The van der Waals surface area contributed by atoms with Crippen LogP contribution in [0, 0.1) is 0 Å². The van der Waals surface area contributed by atoms with Crippen LogP contribution in [-0.4, -0.2) is 38.8 Å². The lowest BCUT2D eigenvalue weighted by Crippen LogP contribution is -2.50. The molecule has 0 aliphatic carbocycles.